The number of aromatic nitrogens is 1. The van der Waals surface area contributed by atoms with Crippen molar-refractivity contribution >= 4 is 44.2 Å². The molecule has 5 aromatic carbocycles. The number of hydrogen-bond donors (Lipinski definition) is 3. The summed E-state index contributed by atoms with van der Waals surface area (Å²) in [6.45, 7) is 4.13. The molecule has 0 amide bonds. The van der Waals surface area contributed by atoms with Crippen LogP contribution in [0.2, 0.25) is 0 Å². The van der Waals surface area contributed by atoms with E-state index in [1.807, 2.05) is 32.2 Å². The van der Waals surface area contributed by atoms with Gasteiger partial charge in [-0.15, -0.1) is 0 Å². The highest BCUT2D eigenvalue weighted by Gasteiger charge is 2.16. The van der Waals surface area contributed by atoms with E-state index in [0.717, 1.165) is 22.4 Å². The van der Waals surface area contributed by atoms with Gasteiger partial charge in [-0.05, 0) is 109 Å². The molecule has 0 spiro atoms. The molecule has 0 saturated heterocycles. The molecule has 1 atom stereocenters. The lowest BCUT2D eigenvalue weighted by atomic mass is 9.98. The highest BCUT2D eigenvalue weighted by atomic mass is 15.0. The van der Waals surface area contributed by atoms with Crippen molar-refractivity contribution in [2.75, 3.05) is 7.05 Å². The van der Waals surface area contributed by atoms with Crippen LogP contribution in [-0.2, 0) is 0 Å². The van der Waals surface area contributed by atoms with E-state index in [2.05, 4.69) is 150 Å². The predicted octanol–water partition coefficient (Wildman–Crippen LogP) is 10.1. The zero-order chi connectivity index (χ0) is 33.5. The van der Waals surface area contributed by atoms with Crippen molar-refractivity contribution in [3.8, 4) is 16.8 Å². The van der Waals surface area contributed by atoms with Gasteiger partial charge in [0, 0.05) is 27.9 Å². The standard InChI is InChI=1S/C44H42N4/c1-4-33(25-27-46)34-14-10-15-35(29-34)36-20-23-40-41-24-21-37-28-32(13-8-9-18-42(47-3)31(2)12-11-26-45)19-22-39(37)44(41)48(43(40)30-36)38-16-6-5-7-17-38/h4-30,42,47H,45-46H2,1-3H3/b13-8+,18-9-,26-11-,27-25-,31-12+,33-4+. The summed E-state index contributed by atoms with van der Waals surface area (Å²) in [7, 11) is 1.96. The van der Waals surface area contributed by atoms with Crippen molar-refractivity contribution in [3.63, 3.8) is 0 Å². The Morgan fingerprint density at radius 1 is 0.750 bits per heavy atom. The Balaban J connectivity index is 1.44. The van der Waals surface area contributed by atoms with Gasteiger partial charge in [-0.1, -0.05) is 115 Å². The predicted molar refractivity (Wildman–Crippen MR) is 209 cm³/mol. The number of fused-ring (bicyclic) bond motifs is 5. The molecule has 0 aliphatic heterocycles. The SMILES string of the molecule is C/C=C(\C=C/N)c1cccc(-c2ccc3c4ccc5cc(/C=C/C=C\C(NC)/C(C)=C/C=C\N)ccc5c4n(-c4ccccc4)c3c2)c1. The first kappa shape index (κ1) is 32.1. The summed E-state index contributed by atoms with van der Waals surface area (Å²) >= 11 is 0. The molecule has 1 aromatic heterocycles. The summed E-state index contributed by atoms with van der Waals surface area (Å²) in [6.07, 6.45) is 19.5. The third-order valence-corrected chi connectivity index (χ3v) is 8.87. The molecule has 0 radical (unpaired) electrons. The Bertz CT molecular complexity index is 2260. The van der Waals surface area contributed by atoms with Crippen molar-refractivity contribution in [2.24, 2.45) is 11.5 Å². The normalized spacial score (nSPS) is 13.8. The molecule has 1 heterocycles. The second-order valence-electron chi connectivity index (χ2n) is 11.8. The molecule has 4 nitrogen and oxygen atoms in total. The van der Waals surface area contributed by atoms with Gasteiger partial charge >= 0.3 is 0 Å². The molecule has 6 rings (SSSR count). The largest absolute Gasteiger partial charge is 0.405 e. The average molecular weight is 627 g/mol. The molecule has 0 bridgehead atoms. The van der Waals surface area contributed by atoms with E-state index in [-0.39, 0.29) is 6.04 Å². The monoisotopic (exact) mass is 626 g/mol. The van der Waals surface area contributed by atoms with Gasteiger partial charge in [-0.3, -0.25) is 0 Å². The van der Waals surface area contributed by atoms with Crippen LogP contribution in [0, 0.1) is 0 Å². The number of allylic oxidation sites excluding steroid dienone is 7. The van der Waals surface area contributed by atoms with E-state index < -0.39 is 0 Å². The van der Waals surface area contributed by atoms with Crippen molar-refractivity contribution < 1.29 is 0 Å². The maximum Gasteiger partial charge on any atom is 0.0619 e. The summed E-state index contributed by atoms with van der Waals surface area (Å²) in [5.74, 6) is 0. The summed E-state index contributed by atoms with van der Waals surface area (Å²) in [5.41, 5.74) is 21.7. The number of nitrogens with one attached hydrogen (secondary N) is 1. The zero-order valence-corrected chi connectivity index (χ0v) is 27.8. The molecule has 6 aromatic rings. The molecular weight excluding hydrogens is 585 g/mol. The van der Waals surface area contributed by atoms with Crippen LogP contribution >= 0.6 is 0 Å². The van der Waals surface area contributed by atoms with Crippen molar-refractivity contribution in [1.82, 2.24) is 9.88 Å². The van der Waals surface area contributed by atoms with Crippen LogP contribution in [0.5, 0.6) is 0 Å². The fraction of sp³-hybridized carbons (Fsp3) is 0.0909. The van der Waals surface area contributed by atoms with Crippen molar-refractivity contribution in [2.45, 2.75) is 19.9 Å². The van der Waals surface area contributed by atoms with Crippen LogP contribution < -0.4 is 16.8 Å². The molecule has 0 saturated carbocycles. The van der Waals surface area contributed by atoms with Crippen LogP contribution in [0.3, 0.4) is 0 Å². The Morgan fingerprint density at radius 2 is 1.54 bits per heavy atom. The second-order valence-corrected chi connectivity index (χ2v) is 11.8. The van der Waals surface area contributed by atoms with Gasteiger partial charge in [0.1, 0.15) is 0 Å². The first-order valence-electron chi connectivity index (χ1n) is 16.3. The Labute approximate surface area is 283 Å². The van der Waals surface area contributed by atoms with E-state index in [1.165, 1.54) is 49.3 Å². The van der Waals surface area contributed by atoms with E-state index in [9.17, 15) is 0 Å². The number of likely N-dealkylation sites (N-methyl/N-ethyl adjacent to an activating group) is 1. The lowest BCUT2D eigenvalue weighted by Gasteiger charge is -2.11. The van der Waals surface area contributed by atoms with Gasteiger partial charge in [0.25, 0.3) is 0 Å². The summed E-state index contributed by atoms with van der Waals surface area (Å²) < 4.78 is 2.42. The van der Waals surface area contributed by atoms with Crippen LogP contribution in [0.25, 0.3) is 61.0 Å². The van der Waals surface area contributed by atoms with Crippen LogP contribution in [-0.4, -0.2) is 17.7 Å². The van der Waals surface area contributed by atoms with Crippen LogP contribution in [0.15, 0.2) is 164 Å². The third kappa shape index (κ3) is 6.52. The lowest BCUT2D eigenvalue weighted by Crippen LogP contribution is -2.23. The summed E-state index contributed by atoms with van der Waals surface area (Å²) in [5, 5.41) is 8.23. The fourth-order valence-corrected chi connectivity index (χ4v) is 6.45. The third-order valence-electron chi connectivity index (χ3n) is 8.87. The second kappa shape index (κ2) is 14.7. The first-order chi connectivity index (χ1) is 23.6. The van der Waals surface area contributed by atoms with Gasteiger partial charge < -0.3 is 21.4 Å². The van der Waals surface area contributed by atoms with Gasteiger partial charge in [0.15, 0.2) is 0 Å². The number of benzene rings is 5. The van der Waals surface area contributed by atoms with Crippen LogP contribution in [0.1, 0.15) is 25.0 Å². The van der Waals surface area contributed by atoms with Gasteiger partial charge in [-0.2, -0.15) is 0 Å². The molecule has 0 aliphatic rings. The molecule has 4 heteroatoms. The molecule has 5 N–H and O–H groups in total. The summed E-state index contributed by atoms with van der Waals surface area (Å²) in [6, 6.07) is 37.5. The Kier molecular flexibility index (Phi) is 9.85. The smallest absolute Gasteiger partial charge is 0.0619 e. The lowest BCUT2D eigenvalue weighted by molar-refractivity contribution is 0.752. The average Bonchev–Trinajstić information content (AvgIpc) is 3.47. The quantitative estimate of drug-likeness (QED) is 0.133. The van der Waals surface area contributed by atoms with E-state index in [0.29, 0.717) is 0 Å². The molecule has 238 valence electrons. The minimum Gasteiger partial charge on any atom is -0.405 e. The zero-order valence-electron chi connectivity index (χ0n) is 27.8. The number of para-hydroxylation sites is 1. The van der Waals surface area contributed by atoms with E-state index in [4.69, 9.17) is 11.5 Å². The molecule has 0 fully saturated rings. The maximum atomic E-state index is 5.73. The molecular formula is C44H42N4. The van der Waals surface area contributed by atoms with Gasteiger partial charge in [0.05, 0.1) is 11.0 Å². The number of nitrogens with two attached hydrogens (primary N) is 2. The molecule has 1 unspecified atom stereocenters. The summed E-state index contributed by atoms with van der Waals surface area (Å²) in [4.78, 5) is 0. The Morgan fingerprint density at radius 3 is 2.31 bits per heavy atom. The van der Waals surface area contributed by atoms with E-state index in [1.54, 1.807) is 12.4 Å². The highest BCUT2D eigenvalue weighted by Crippen LogP contribution is 2.39. The minimum absolute atomic E-state index is 0.138. The highest BCUT2D eigenvalue weighted by molar-refractivity contribution is 6.19. The van der Waals surface area contributed by atoms with Crippen molar-refractivity contribution in [1.29, 1.82) is 0 Å². The molecule has 0 aliphatic carbocycles. The number of rotatable bonds is 10. The van der Waals surface area contributed by atoms with Gasteiger partial charge in [-0.25, -0.2) is 0 Å². The topological polar surface area (TPSA) is 69.0 Å². The van der Waals surface area contributed by atoms with Crippen molar-refractivity contribution in [3.05, 3.63) is 175 Å². The first-order valence-corrected chi connectivity index (χ1v) is 16.3. The van der Waals surface area contributed by atoms with E-state index >= 15 is 0 Å². The molecule has 48 heavy (non-hydrogen) atoms. The minimum atomic E-state index is 0.138. The fourth-order valence-electron chi connectivity index (χ4n) is 6.45. The Hall–Kier alpha value is -5.84. The maximum absolute atomic E-state index is 5.73. The van der Waals surface area contributed by atoms with Crippen LogP contribution in [0.4, 0.5) is 0 Å². The number of nitrogens with zero attached hydrogens (tertiary/aromatic N) is 1. The van der Waals surface area contributed by atoms with Gasteiger partial charge in [0.2, 0.25) is 0 Å². The number of hydrogen-bond acceptors (Lipinski definition) is 3.